The second-order valence-electron chi connectivity index (χ2n) is 3.89. The van der Waals surface area contributed by atoms with Crippen molar-refractivity contribution in [3.63, 3.8) is 0 Å². The predicted molar refractivity (Wildman–Crippen MR) is 44.7 cm³/mol. The Balaban J connectivity index is 2.29. The minimum atomic E-state index is 0.755. The Kier molecular flexibility index (Phi) is 2.72. The van der Waals surface area contributed by atoms with Crippen molar-refractivity contribution in [2.45, 2.75) is 33.1 Å². The molecule has 3 atom stereocenters. The maximum Gasteiger partial charge on any atom is -0.00489 e. The maximum absolute atomic E-state index is 5.60. The lowest BCUT2D eigenvalue weighted by atomic mass is 9.92. The highest BCUT2D eigenvalue weighted by atomic mass is 14.6. The van der Waals surface area contributed by atoms with Gasteiger partial charge in [-0.1, -0.05) is 20.3 Å². The minimum Gasteiger partial charge on any atom is -0.330 e. The predicted octanol–water partition coefficient (Wildman–Crippen LogP) is 2.02. The van der Waals surface area contributed by atoms with Crippen LogP contribution in [0.4, 0.5) is 0 Å². The van der Waals surface area contributed by atoms with Crippen molar-refractivity contribution in [2.24, 2.45) is 23.5 Å². The SMILES string of the molecule is CC1CCC(C(C)CN)C1. The third kappa shape index (κ3) is 1.72. The molecule has 1 aliphatic carbocycles. The lowest BCUT2D eigenvalue weighted by Crippen LogP contribution is -2.18. The first-order valence-electron chi connectivity index (χ1n) is 4.44. The van der Waals surface area contributed by atoms with Gasteiger partial charge in [0, 0.05) is 0 Å². The van der Waals surface area contributed by atoms with E-state index in [1.165, 1.54) is 19.3 Å². The van der Waals surface area contributed by atoms with E-state index in [0.717, 1.165) is 24.3 Å². The summed E-state index contributed by atoms with van der Waals surface area (Å²) in [5.41, 5.74) is 5.60. The molecule has 1 nitrogen and oxygen atoms in total. The lowest BCUT2D eigenvalue weighted by molar-refractivity contribution is 0.364. The van der Waals surface area contributed by atoms with Crippen LogP contribution in [0.15, 0.2) is 0 Å². The molecule has 0 spiro atoms. The fourth-order valence-corrected chi connectivity index (χ4v) is 1.96. The molecule has 10 heavy (non-hydrogen) atoms. The van der Waals surface area contributed by atoms with Gasteiger partial charge in [-0.05, 0) is 37.1 Å². The summed E-state index contributed by atoms with van der Waals surface area (Å²) in [5, 5.41) is 0. The van der Waals surface area contributed by atoms with Gasteiger partial charge in [0.05, 0.1) is 0 Å². The van der Waals surface area contributed by atoms with Gasteiger partial charge in [0.2, 0.25) is 0 Å². The quantitative estimate of drug-likeness (QED) is 0.625. The van der Waals surface area contributed by atoms with Gasteiger partial charge in [0.25, 0.3) is 0 Å². The van der Waals surface area contributed by atoms with Crippen LogP contribution < -0.4 is 5.73 Å². The van der Waals surface area contributed by atoms with Crippen molar-refractivity contribution in [3.8, 4) is 0 Å². The second kappa shape index (κ2) is 3.38. The molecule has 0 amide bonds. The Morgan fingerprint density at radius 2 is 2.20 bits per heavy atom. The highest BCUT2D eigenvalue weighted by Gasteiger charge is 2.24. The molecule has 0 aliphatic heterocycles. The van der Waals surface area contributed by atoms with Crippen molar-refractivity contribution in [3.05, 3.63) is 0 Å². The Hall–Kier alpha value is -0.0400. The molecule has 0 aromatic rings. The van der Waals surface area contributed by atoms with Crippen molar-refractivity contribution in [2.75, 3.05) is 6.54 Å². The summed E-state index contributed by atoms with van der Waals surface area (Å²) in [6, 6.07) is 0. The highest BCUT2D eigenvalue weighted by molar-refractivity contribution is 4.76. The molecule has 1 rings (SSSR count). The van der Waals surface area contributed by atoms with Crippen molar-refractivity contribution in [1.82, 2.24) is 0 Å². The Bertz CT molecular complexity index is 101. The summed E-state index contributed by atoms with van der Waals surface area (Å²) in [4.78, 5) is 0. The summed E-state index contributed by atoms with van der Waals surface area (Å²) in [6.07, 6.45) is 4.26. The molecule has 3 unspecified atom stereocenters. The van der Waals surface area contributed by atoms with E-state index in [0.29, 0.717) is 0 Å². The number of nitrogens with two attached hydrogens (primary N) is 1. The second-order valence-corrected chi connectivity index (χ2v) is 3.89. The van der Waals surface area contributed by atoms with Crippen LogP contribution in [0.25, 0.3) is 0 Å². The first-order chi connectivity index (χ1) is 4.74. The van der Waals surface area contributed by atoms with E-state index < -0.39 is 0 Å². The number of hydrogen-bond acceptors (Lipinski definition) is 1. The van der Waals surface area contributed by atoms with Gasteiger partial charge in [0.15, 0.2) is 0 Å². The first-order valence-corrected chi connectivity index (χ1v) is 4.44. The van der Waals surface area contributed by atoms with Crippen LogP contribution in [0, 0.1) is 17.8 Å². The van der Waals surface area contributed by atoms with E-state index in [2.05, 4.69) is 13.8 Å². The first kappa shape index (κ1) is 8.06. The largest absolute Gasteiger partial charge is 0.330 e. The van der Waals surface area contributed by atoms with Gasteiger partial charge in [-0.2, -0.15) is 0 Å². The van der Waals surface area contributed by atoms with Crippen molar-refractivity contribution < 1.29 is 0 Å². The smallest absolute Gasteiger partial charge is 0.00489 e. The number of rotatable bonds is 2. The highest BCUT2D eigenvalue weighted by Crippen LogP contribution is 2.34. The molecule has 0 bridgehead atoms. The Labute approximate surface area is 64.0 Å². The van der Waals surface area contributed by atoms with E-state index in [1.54, 1.807) is 0 Å². The molecular weight excluding hydrogens is 122 g/mol. The van der Waals surface area contributed by atoms with E-state index in [9.17, 15) is 0 Å². The molecule has 1 aliphatic rings. The fraction of sp³-hybridized carbons (Fsp3) is 1.00. The molecule has 1 heteroatoms. The maximum atomic E-state index is 5.60. The van der Waals surface area contributed by atoms with Gasteiger partial charge in [-0.15, -0.1) is 0 Å². The summed E-state index contributed by atoms with van der Waals surface area (Å²) in [5.74, 6) is 2.64. The standard InChI is InChI=1S/C9H19N/c1-7-3-4-9(5-7)8(2)6-10/h7-9H,3-6,10H2,1-2H3. The molecule has 0 radical (unpaired) electrons. The third-order valence-corrected chi connectivity index (χ3v) is 2.91. The summed E-state index contributed by atoms with van der Waals surface area (Å²) in [7, 11) is 0. The van der Waals surface area contributed by atoms with Crippen LogP contribution in [0.5, 0.6) is 0 Å². The summed E-state index contributed by atoms with van der Waals surface area (Å²) in [6.45, 7) is 5.50. The van der Waals surface area contributed by atoms with Crippen LogP contribution in [-0.2, 0) is 0 Å². The van der Waals surface area contributed by atoms with Gasteiger partial charge in [-0.3, -0.25) is 0 Å². The zero-order chi connectivity index (χ0) is 7.56. The van der Waals surface area contributed by atoms with Gasteiger partial charge < -0.3 is 5.73 Å². The fourth-order valence-electron chi connectivity index (χ4n) is 1.96. The number of hydrogen-bond donors (Lipinski definition) is 1. The third-order valence-electron chi connectivity index (χ3n) is 2.91. The summed E-state index contributed by atoms with van der Waals surface area (Å²) >= 11 is 0. The summed E-state index contributed by atoms with van der Waals surface area (Å²) < 4.78 is 0. The zero-order valence-electron chi connectivity index (χ0n) is 7.14. The van der Waals surface area contributed by atoms with Gasteiger partial charge in [0.1, 0.15) is 0 Å². The van der Waals surface area contributed by atoms with E-state index >= 15 is 0 Å². The van der Waals surface area contributed by atoms with Crippen LogP contribution in [-0.4, -0.2) is 6.54 Å². The molecule has 0 aromatic carbocycles. The van der Waals surface area contributed by atoms with Crippen LogP contribution in [0.3, 0.4) is 0 Å². The molecule has 1 saturated carbocycles. The zero-order valence-corrected chi connectivity index (χ0v) is 7.14. The lowest BCUT2D eigenvalue weighted by Gasteiger charge is -2.16. The van der Waals surface area contributed by atoms with E-state index in [1.807, 2.05) is 0 Å². The Morgan fingerprint density at radius 1 is 1.50 bits per heavy atom. The molecule has 0 aromatic heterocycles. The average Bonchev–Trinajstić information content (AvgIpc) is 2.34. The molecule has 0 heterocycles. The minimum absolute atomic E-state index is 0.755. The Morgan fingerprint density at radius 3 is 2.60 bits per heavy atom. The molecule has 60 valence electrons. The van der Waals surface area contributed by atoms with Crippen LogP contribution in [0.2, 0.25) is 0 Å². The van der Waals surface area contributed by atoms with Gasteiger partial charge in [-0.25, -0.2) is 0 Å². The van der Waals surface area contributed by atoms with Crippen LogP contribution in [0.1, 0.15) is 33.1 Å². The van der Waals surface area contributed by atoms with E-state index in [-0.39, 0.29) is 0 Å². The van der Waals surface area contributed by atoms with Crippen molar-refractivity contribution >= 4 is 0 Å². The molecule has 1 fully saturated rings. The molecule has 2 N–H and O–H groups in total. The monoisotopic (exact) mass is 141 g/mol. The van der Waals surface area contributed by atoms with Gasteiger partial charge >= 0.3 is 0 Å². The van der Waals surface area contributed by atoms with E-state index in [4.69, 9.17) is 5.73 Å². The molecular formula is C9H19N. The van der Waals surface area contributed by atoms with Crippen LogP contribution >= 0.6 is 0 Å². The van der Waals surface area contributed by atoms with Crippen molar-refractivity contribution in [1.29, 1.82) is 0 Å². The topological polar surface area (TPSA) is 26.0 Å². The average molecular weight is 141 g/mol. The molecule has 0 saturated heterocycles. The normalized spacial score (nSPS) is 36.3.